The molecule has 1 unspecified atom stereocenters. The Hall–Kier alpha value is -1.62. The molecule has 0 aliphatic heterocycles. The maximum Gasteiger partial charge on any atom is 0.150 e. The quantitative estimate of drug-likeness (QED) is 0.852. The fraction of sp³-hybridized carbons (Fsp3) is 0.250. The number of hydrogen-bond acceptors (Lipinski definition) is 2. The third kappa shape index (κ3) is 2.75. The highest BCUT2D eigenvalue weighted by molar-refractivity contribution is 9.10. The van der Waals surface area contributed by atoms with Gasteiger partial charge in [0.25, 0.3) is 0 Å². The van der Waals surface area contributed by atoms with Gasteiger partial charge in [0.05, 0.1) is 18.8 Å². The van der Waals surface area contributed by atoms with Crippen LogP contribution in [0.25, 0.3) is 0 Å². The van der Waals surface area contributed by atoms with Crippen molar-refractivity contribution in [1.29, 1.82) is 0 Å². The van der Waals surface area contributed by atoms with Crippen molar-refractivity contribution >= 4 is 21.6 Å². The minimum atomic E-state index is -0.599. The number of rotatable bonds is 3. The first kappa shape index (κ1) is 14.3. The maximum atomic E-state index is 13.9. The second-order valence-corrected chi connectivity index (χ2v) is 5.90. The van der Waals surface area contributed by atoms with Crippen molar-refractivity contribution < 1.29 is 13.5 Å². The second kappa shape index (κ2) is 5.64. The van der Waals surface area contributed by atoms with Gasteiger partial charge in [-0.2, -0.15) is 0 Å². The summed E-state index contributed by atoms with van der Waals surface area (Å²) >= 11 is 3.21. The number of halogens is 3. The van der Waals surface area contributed by atoms with Gasteiger partial charge in [-0.3, -0.25) is 0 Å². The molecule has 21 heavy (non-hydrogen) atoms. The molecule has 2 aromatic carbocycles. The lowest BCUT2D eigenvalue weighted by molar-refractivity contribution is 0.414. The molecular weight excluding hydrogens is 340 g/mol. The van der Waals surface area contributed by atoms with Gasteiger partial charge in [-0.15, -0.1) is 0 Å². The zero-order valence-corrected chi connectivity index (χ0v) is 13.0. The molecule has 1 N–H and O–H groups in total. The zero-order chi connectivity index (χ0) is 15.0. The Labute approximate surface area is 130 Å². The van der Waals surface area contributed by atoms with E-state index in [0.29, 0.717) is 4.47 Å². The van der Waals surface area contributed by atoms with Crippen LogP contribution in [0.1, 0.15) is 23.6 Å². The third-order valence-electron chi connectivity index (χ3n) is 3.76. The van der Waals surface area contributed by atoms with E-state index >= 15 is 0 Å². The first-order valence-corrected chi connectivity index (χ1v) is 7.45. The summed E-state index contributed by atoms with van der Waals surface area (Å²) in [4.78, 5) is 0. The standard InChI is InChI=1S/C16H14BrF2NO/c1-21-11-4-2-9-3-5-15(12(9)8-11)20-16-13(17)6-10(18)7-14(16)19/h2,4,6-8,15,20H,3,5H2,1H3. The van der Waals surface area contributed by atoms with Crippen LogP contribution in [0.5, 0.6) is 5.75 Å². The van der Waals surface area contributed by atoms with Crippen LogP contribution in [0, 0.1) is 11.6 Å². The lowest BCUT2D eigenvalue weighted by Crippen LogP contribution is -2.09. The van der Waals surface area contributed by atoms with Gasteiger partial charge in [0.1, 0.15) is 17.4 Å². The first-order chi connectivity index (χ1) is 10.1. The van der Waals surface area contributed by atoms with Crippen LogP contribution in [-0.2, 0) is 6.42 Å². The van der Waals surface area contributed by atoms with E-state index in [2.05, 4.69) is 21.2 Å². The van der Waals surface area contributed by atoms with Crippen LogP contribution in [0.2, 0.25) is 0 Å². The Balaban J connectivity index is 1.92. The number of hydrogen-bond donors (Lipinski definition) is 1. The van der Waals surface area contributed by atoms with Crippen molar-refractivity contribution in [3.8, 4) is 5.75 Å². The summed E-state index contributed by atoms with van der Waals surface area (Å²) in [6.45, 7) is 0. The molecule has 110 valence electrons. The molecule has 2 aromatic rings. The highest BCUT2D eigenvalue weighted by Crippen LogP contribution is 2.38. The zero-order valence-electron chi connectivity index (χ0n) is 11.4. The Morgan fingerprint density at radius 2 is 2.05 bits per heavy atom. The number of ether oxygens (including phenoxy) is 1. The molecule has 3 rings (SSSR count). The van der Waals surface area contributed by atoms with E-state index in [1.54, 1.807) is 7.11 Å². The summed E-state index contributed by atoms with van der Waals surface area (Å²) in [6.07, 6.45) is 1.79. The summed E-state index contributed by atoms with van der Waals surface area (Å²) in [7, 11) is 1.62. The minimum Gasteiger partial charge on any atom is -0.497 e. The molecule has 1 aliphatic carbocycles. The largest absolute Gasteiger partial charge is 0.497 e. The van der Waals surface area contributed by atoms with Crippen LogP contribution >= 0.6 is 15.9 Å². The molecule has 0 bridgehead atoms. The van der Waals surface area contributed by atoms with Gasteiger partial charge < -0.3 is 10.1 Å². The van der Waals surface area contributed by atoms with Crippen molar-refractivity contribution in [3.05, 3.63) is 57.6 Å². The van der Waals surface area contributed by atoms with Crippen LogP contribution in [-0.4, -0.2) is 7.11 Å². The lowest BCUT2D eigenvalue weighted by atomic mass is 10.1. The van der Waals surface area contributed by atoms with Crippen molar-refractivity contribution in [2.75, 3.05) is 12.4 Å². The lowest BCUT2D eigenvalue weighted by Gasteiger charge is -2.18. The predicted octanol–water partition coefficient (Wildman–Crippen LogP) is 4.84. The number of nitrogens with one attached hydrogen (secondary N) is 1. The molecular formula is C16H14BrF2NO. The molecule has 0 aromatic heterocycles. The van der Waals surface area contributed by atoms with E-state index in [0.717, 1.165) is 30.2 Å². The molecule has 0 saturated carbocycles. The van der Waals surface area contributed by atoms with E-state index in [4.69, 9.17) is 4.74 Å². The summed E-state index contributed by atoms with van der Waals surface area (Å²) in [5.41, 5.74) is 2.62. The van der Waals surface area contributed by atoms with Crippen molar-refractivity contribution in [2.24, 2.45) is 0 Å². The van der Waals surface area contributed by atoms with Crippen molar-refractivity contribution in [1.82, 2.24) is 0 Å². The molecule has 0 amide bonds. The van der Waals surface area contributed by atoms with Crippen LogP contribution < -0.4 is 10.1 Å². The Morgan fingerprint density at radius 1 is 1.24 bits per heavy atom. The van der Waals surface area contributed by atoms with Gasteiger partial charge in [-0.1, -0.05) is 6.07 Å². The van der Waals surface area contributed by atoms with Crippen LogP contribution in [0.15, 0.2) is 34.8 Å². The fourth-order valence-corrected chi connectivity index (χ4v) is 3.23. The second-order valence-electron chi connectivity index (χ2n) is 5.04. The summed E-state index contributed by atoms with van der Waals surface area (Å²) < 4.78 is 32.7. The highest BCUT2D eigenvalue weighted by atomic mass is 79.9. The SMILES string of the molecule is COc1ccc2c(c1)C(Nc1c(F)cc(F)cc1Br)CC2. The number of methoxy groups -OCH3 is 1. The van der Waals surface area contributed by atoms with Crippen LogP contribution in [0.3, 0.4) is 0 Å². The molecule has 0 fully saturated rings. The van der Waals surface area contributed by atoms with Gasteiger partial charge in [-0.05, 0) is 58.1 Å². The fourth-order valence-electron chi connectivity index (χ4n) is 2.71. The van der Waals surface area contributed by atoms with E-state index in [-0.39, 0.29) is 11.7 Å². The Kier molecular flexibility index (Phi) is 3.85. The maximum absolute atomic E-state index is 13.9. The van der Waals surface area contributed by atoms with E-state index < -0.39 is 11.6 Å². The third-order valence-corrected chi connectivity index (χ3v) is 4.38. The van der Waals surface area contributed by atoms with Gasteiger partial charge >= 0.3 is 0 Å². The smallest absolute Gasteiger partial charge is 0.150 e. The predicted molar refractivity (Wildman–Crippen MR) is 81.7 cm³/mol. The average Bonchev–Trinajstić information content (AvgIpc) is 2.84. The topological polar surface area (TPSA) is 21.3 Å². The number of fused-ring (bicyclic) bond motifs is 1. The molecule has 2 nitrogen and oxygen atoms in total. The minimum absolute atomic E-state index is 0.00800. The highest BCUT2D eigenvalue weighted by Gasteiger charge is 2.24. The molecule has 5 heteroatoms. The molecule has 0 heterocycles. The molecule has 1 aliphatic rings. The first-order valence-electron chi connectivity index (χ1n) is 6.66. The molecule has 0 spiro atoms. The van der Waals surface area contributed by atoms with Crippen molar-refractivity contribution in [2.45, 2.75) is 18.9 Å². The average molecular weight is 354 g/mol. The monoisotopic (exact) mass is 353 g/mol. The summed E-state index contributed by atoms with van der Waals surface area (Å²) in [5, 5.41) is 3.17. The summed E-state index contributed by atoms with van der Waals surface area (Å²) in [5.74, 6) is -0.419. The number of benzene rings is 2. The molecule has 0 radical (unpaired) electrons. The van der Waals surface area contributed by atoms with Gasteiger partial charge in [0, 0.05) is 10.5 Å². The van der Waals surface area contributed by atoms with Crippen LogP contribution in [0.4, 0.5) is 14.5 Å². The number of aryl methyl sites for hydroxylation is 1. The van der Waals surface area contributed by atoms with E-state index in [9.17, 15) is 8.78 Å². The number of anilines is 1. The van der Waals surface area contributed by atoms with E-state index in [1.165, 1.54) is 11.6 Å². The Bertz CT molecular complexity index is 667. The molecule has 1 atom stereocenters. The normalized spacial score (nSPS) is 16.7. The Morgan fingerprint density at radius 3 is 2.76 bits per heavy atom. The molecule has 0 saturated heterocycles. The van der Waals surface area contributed by atoms with Gasteiger partial charge in [0.2, 0.25) is 0 Å². The van der Waals surface area contributed by atoms with E-state index in [1.807, 2.05) is 18.2 Å². The van der Waals surface area contributed by atoms with Gasteiger partial charge in [0.15, 0.2) is 0 Å². The van der Waals surface area contributed by atoms with Gasteiger partial charge in [-0.25, -0.2) is 8.78 Å². The summed E-state index contributed by atoms with van der Waals surface area (Å²) in [6, 6.07) is 8.06. The van der Waals surface area contributed by atoms with Crippen molar-refractivity contribution in [3.63, 3.8) is 0 Å².